The van der Waals surface area contributed by atoms with E-state index in [0.29, 0.717) is 0 Å². The molecule has 0 heterocycles. The molecule has 0 spiro atoms. The number of rotatable bonds is 4. The Morgan fingerprint density at radius 2 is 0.909 bits per heavy atom. The molecule has 0 N–H and O–H groups in total. The quantitative estimate of drug-likeness (QED) is 0.541. The molecule has 0 bridgehead atoms. The lowest BCUT2D eigenvalue weighted by Crippen LogP contribution is -2.14. The normalized spacial score (nSPS) is 17.1. The monoisotopic (exact) mass is 153 g/mol. The first kappa shape index (κ1) is 11.1. The molecule has 0 aliphatic carbocycles. The fourth-order valence-electron chi connectivity index (χ4n) is 0.923. The van der Waals surface area contributed by atoms with Gasteiger partial charge in [0.1, 0.15) is 7.28 Å². The van der Waals surface area contributed by atoms with E-state index in [2.05, 4.69) is 48.8 Å². The van der Waals surface area contributed by atoms with Gasteiger partial charge in [0.2, 0.25) is 0 Å². The van der Waals surface area contributed by atoms with Gasteiger partial charge in [-0.05, 0) is 0 Å². The van der Waals surface area contributed by atoms with E-state index in [-0.39, 0.29) is 0 Å². The van der Waals surface area contributed by atoms with Crippen LogP contribution in [0.5, 0.6) is 0 Å². The zero-order valence-electron chi connectivity index (χ0n) is 8.89. The second kappa shape index (κ2) is 4.85. The van der Waals surface area contributed by atoms with Crippen molar-refractivity contribution in [1.82, 2.24) is 0 Å². The van der Waals surface area contributed by atoms with Gasteiger partial charge in [0, 0.05) is 0 Å². The second-order valence-electron chi connectivity index (χ2n) is 4.40. The summed E-state index contributed by atoms with van der Waals surface area (Å²) in [6.07, 6.45) is 0. The lowest BCUT2D eigenvalue weighted by atomic mass is 9.50. The van der Waals surface area contributed by atoms with E-state index in [1.165, 1.54) is 0 Å². The van der Waals surface area contributed by atoms with Crippen molar-refractivity contribution in [2.45, 2.75) is 53.2 Å². The van der Waals surface area contributed by atoms with E-state index in [1.807, 2.05) is 0 Å². The average molecular weight is 153 g/mol. The largest absolute Gasteiger partial charge is 0.117 e. The van der Waals surface area contributed by atoms with Crippen molar-refractivity contribution in [2.24, 2.45) is 11.8 Å². The van der Waals surface area contributed by atoms with Crippen molar-refractivity contribution >= 4 is 7.28 Å². The van der Waals surface area contributed by atoms with Gasteiger partial charge in [0.15, 0.2) is 0 Å². The molecular formula is C10H22B. The minimum absolute atomic E-state index is 0.757. The van der Waals surface area contributed by atoms with Crippen LogP contribution in [0.25, 0.3) is 0 Å². The molecule has 0 nitrogen and oxygen atoms in total. The summed E-state index contributed by atoms with van der Waals surface area (Å²) in [5.41, 5.74) is 0. The van der Waals surface area contributed by atoms with Crippen molar-refractivity contribution in [3.8, 4) is 0 Å². The zero-order valence-corrected chi connectivity index (χ0v) is 8.89. The molecule has 2 unspecified atom stereocenters. The molecule has 1 heteroatoms. The lowest BCUT2D eigenvalue weighted by Gasteiger charge is -2.21. The SMILES string of the molecule is CC(C)C(C)[B]C(C)C(C)C. The molecule has 0 fully saturated rings. The first-order valence-electron chi connectivity index (χ1n) is 4.80. The minimum atomic E-state index is 0.757. The Morgan fingerprint density at radius 3 is 1.09 bits per heavy atom. The highest BCUT2D eigenvalue weighted by molar-refractivity contribution is 6.39. The van der Waals surface area contributed by atoms with Crippen LogP contribution in [0.1, 0.15) is 41.5 Å². The van der Waals surface area contributed by atoms with Crippen molar-refractivity contribution in [2.75, 3.05) is 0 Å². The third-order valence-corrected chi connectivity index (χ3v) is 2.71. The van der Waals surface area contributed by atoms with Crippen LogP contribution in [-0.4, -0.2) is 7.28 Å². The van der Waals surface area contributed by atoms with Crippen LogP contribution in [0.3, 0.4) is 0 Å². The molecule has 0 aromatic rings. The van der Waals surface area contributed by atoms with E-state index >= 15 is 0 Å². The molecular weight excluding hydrogens is 131 g/mol. The van der Waals surface area contributed by atoms with E-state index < -0.39 is 0 Å². The molecule has 0 saturated carbocycles. The summed E-state index contributed by atoms with van der Waals surface area (Å²) >= 11 is 0. The maximum Gasteiger partial charge on any atom is 0.117 e. The maximum absolute atomic E-state index is 2.48. The van der Waals surface area contributed by atoms with E-state index in [0.717, 1.165) is 23.5 Å². The van der Waals surface area contributed by atoms with Crippen LogP contribution in [0.2, 0.25) is 11.6 Å². The predicted molar refractivity (Wildman–Crippen MR) is 54.3 cm³/mol. The molecule has 0 saturated heterocycles. The van der Waals surface area contributed by atoms with Crippen LogP contribution in [0, 0.1) is 11.8 Å². The highest BCUT2D eigenvalue weighted by Crippen LogP contribution is 2.24. The van der Waals surface area contributed by atoms with Gasteiger partial charge in [-0.3, -0.25) is 0 Å². The van der Waals surface area contributed by atoms with E-state index in [1.54, 1.807) is 0 Å². The van der Waals surface area contributed by atoms with Gasteiger partial charge in [-0.2, -0.15) is 0 Å². The van der Waals surface area contributed by atoms with Gasteiger partial charge < -0.3 is 0 Å². The van der Waals surface area contributed by atoms with Crippen molar-refractivity contribution in [3.05, 3.63) is 0 Å². The highest BCUT2D eigenvalue weighted by atomic mass is 14.1. The predicted octanol–water partition coefficient (Wildman–Crippen LogP) is 3.62. The standard InChI is InChI=1S/C10H22B/c1-7(2)9(5)11-10(6)8(3)4/h7-10H,1-6H3. The molecule has 0 rings (SSSR count). The Labute approximate surface area is 73.0 Å². The summed E-state index contributed by atoms with van der Waals surface area (Å²) in [6, 6.07) is 0. The summed E-state index contributed by atoms with van der Waals surface area (Å²) < 4.78 is 0. The molecule has 0 aromatic carbocycles. The highest BCUT2D eigenvalue weighted by Gasteiger charge is 2.15. The molecule has 2 atom stereocenters. The van der Waals surface area contributed by atoms with Crippen molar-refractivity contribution in [1.29, 1.82) is 0 Å². The van der Waals surface area contributed by atoms with Crippen LogP contribution >= 0.6 is 0 Å². The topological polar surface area (TPSA) is 0 Å². The van der Waals surface area contributed by atoms with Crippen molar-refractivity contribution in [3.63, 3.8) is 0 Å². The molecule has 0 aliphatic rings. The summed E-state index contributed by atoms with van der Waals surface area (Å²) in [5, 5.41) is 0. The Kier molecular flexibility index (Phi) is 4.87. The van der Waals surface area contributed by atoms with Crippen LogP contribution < -0.4 is 0 Å². The molecule has 0 amide bonds. The van der Waals surface area contributed by atoms with Crippen LogP contribution in [0.4, 0.5) is 0 Å². The van der Waals surface area contributed by atoms with Gasteiger partial charge in [-0.25, -0.2) is 0 Å². The second-order valence-corrected chi connectivity index (χ2v) is 4.40. The maximum atomic E-state index is 2.48. The molecule has 65 valence electrons. The van der Waals surface area contributed by atoms with Gasteiger partial charge in [0.25, 0.3) is 0 Å². The molecule has 1 radical (unpaired) electrons. The smallest absolute Gasteiger partial charge is 0.0694 e. The summed E-state index contributed by atoms with van der Waals surface area (Å²) in [6.45, 7) is 13.8. The van der Waals surface area contributed by atoms with E-state index in [4.69, 9.17) is 0 Å². The van der Waals surface area contributed by atoms with Crippen LogP contribution in [-0.2, 0) is 0 Å². The third kappa shape index (κ3) is 4.50. The average Bonchev–Trinajstić information content (AvgIpc) is 1.87. The van der Waals surface area contributed by atoms with Crippen molar-refractivity contribution < 1.29 is 0 Å². The Morgan fingerprint density at radius 1 is 0.636 bits per heavy atom. The molecule has 0 aromatic heterocycles. The Hall–Kier alpha value is 0.0649. The van der Waals surface area contributed by atoms with Gasteiger partial charge >= 0.3 is 0 Å². The Bertz CT molecular complexity index is 85.0. The molecule has 11 heavy (non-hydrogen) atoms. The number of hydrogen-bond donors (Lipinski definition) is 0. The minimum Gasteiger partial charge on any atom is -0.0694 e. The third-order valence-electron chi connectivity index (χ3n) is 2.71. The van der Waals surface area contributed by atoms with Gasteiger partial charge in [0.05, 0.1) is 0 Å². The Balaban J connectivity index is 3.66. The summed E-state index contributed by atoms with van der Waals surface area (Å²) in [5.74, 6) is 3.09. The van der Waals surface area contributed by atoms with Gasteiger partial charge in [-0.1, -0.05) is 65.0 Å². The fraction of sp³-hybridized carbons (Fsp3) is 1.00. The van der Waals surface area contributed by atoms with Crippen LogP contribution in [0.15, 0.2) is 0 Å². The summed E-state index contributed by atoms with van der Waals surface area (Å²) in [7, 11) is 2.48. The van der Waals surface area contributed by atoms with Gasteiger partial charge in [-0.15, -0.1) is 0 Å². The summed E-state index contributed by atoms with van der Waals surface area (Å²) in [4.78, 5) is 0. The van der Waals surface area contributed by atoms with E-state index in [9.17, 15) is 0 Å². The number of hydrogen-bond acceptors (Lipinski definition) is 0. The zero-order chi connectivity index (χ0) is 9.02. The fourth-order valence-corrected chi connectivity index (χ4v) is 0.923. The lowest BCUT2D eigenvalue weighted by molar-refractivity contribution is 0.575. The first-order valence-corrected chi connectivity index (χ1v) is 4.80. The first-order chi connectivity index (χ1) is 4.95. The molecule has 0 aliphatic heterocycles.